The molecule has 0 saturated carbocycles. The third kappa shape index (κ3) is 3.37. The van der Waals surface area contributed by atoms with Crippen LogP contribution in [0, 0.1) is 9.39 Å². The predicted molar refractivity (Wildman–Crippen MR) is 104 cm³/mol. The van der Waals surface area contributed by atoms with Crippen LogP contribution >= 0.6 is 22.6 Å². The Bertz CT molecular complexity index is 820. The molecule has 4 heterocycles. The van der Waals surface area contributed by atoms with E-state index >= 15 is 0 Å². The van der Waals surface area contributed by atoms with Gasteiger partial charge in [0.25, 0.3) is 5.91 Å². The van der Waals surface area contributed by atoms with Crippen molar-refractivity contribution < 1.29 is 13.9 Å². The Morgan fingerprint density at radius 1 is 1.38 bits per heavy atom. The fraction of sp³-hybridized carbons (Fsp3) is 0.444. The van der Waals surface area contributed by atoms with Gasteiger partial charge in [-0.25, -0.2) is 4.39 Å². The quantitative estimate of drug-likeness (QED) is 0.674. The normalized spacial score (nSPS) is 20.7. The highest BCUT2D eigenvalue weighted by Crippen LogP contribution is 2.36. The van der Waals surface area contributed by atoms with Crippen LogP contribution in [0.2, 0.25) is 0 Å². The third-order valence-corrected chi connectivity index (χ3v) is 6.13. The molecular weight excluding hydrogens is 450 g/mol. The molecule has 2 N–H and O–H groups in total. The summed E-state index contributed by atoms with van der Waals surface area (Å²) in [6.45, 7) is 5.00. The molecule has 0 radical (unpaired) electrons. The first-order valence-corrected chi connectivity index (χ1v) is 9.82. The molecule has 0 aromatic carbocycles. The van der Waals surface area contributed by atoms with Crippen molar-refractivity contribution in [2.45, 2.75) is 12.3 Å². The molecule has 6 nitrogen and oxygen atoms in total. The first-order chi connectivity index (χ1) is 12.6. The van der Waals surface area contributed by atoms with Crippen molar-refractivity contribution in [3.05, 3.63) is 39.1 Å². The van der Waals surface area contributed by atoms with E-state index in [0.717, 1.165) is 48.5 Å². The van der Waals surface area contributed by atoms with Crippen LogP contribution in [0.25, 0.3) is 11.3 Å². The Kier molecular flexibility index (Phi) is 5.23. The van der Waals surface area contributed by atoms with E-state index in [-0.39, 0.29) is 11.8 Å². The molecule has 26 heavy (non-hydrogen) atoms. The van der Waals surface area contributed by atoms with E-state index in [1.807, 2.05) is 0 Å². The molecule has 2 aliphatic rings. The zero-order valence-corrected chi connectivity index (χ0v) is 16.4. The molecule has 8 heteroatoms. The fourth-order valence-corrected chi connectivity index (χ4v) is 4.56. The van der Waals surface area contributed by atoms with E-state index in [2.05, 4.69) is 42.8 Å². The predicted octanol–water partition coefficient (Wildman–Crippen LogP) is 2.37. The number of aromatic amines is 1. The Morgan fingerprint density at radius 3 is 2.96 bits per heavy atom. The molecular formula is C18H20FIN4O2. The minimum atomic E-state index is -0.394. The summed E-state index contributed by atoms with van der Waals surface area (Å²) in [7, 11) is 0. The van der Waals surface area contributed by atoms with Gasteiger partial charge in [-0.05, 0) is 41.6 Å². The van der Waals surface area contributed by atoms with Gasteiger partial charge in [-0.2, -0.15) is 0 Å². The Balaban J connectivity index is 1.62. The lowest BCUT2D eigenvalue weighted by atomic mass is 9.94. The number of hydrogen-bond donors (Lipinski definition) is 2. The lowest BCUT2D eigenvalue weighted by Gasteiger charge is -2.29. The molecule has 0 spiro atoms. The van der Waals surface area contributed by atoms with E-state index < -0.39 is 5.82 Å². The Morgan fingerprint density at radius 2 is 2.19 bits per heavy atom. The van der Waals surface area contributed by atoms with E-state index in [0.29, 0.717) is 23.4 Å². The summed E-state index contributed by atoms with van der Waals surface area (Å²) in [5.74, 6) is -0.295. The van der Waals surface area contributed by atoms with Crippen LogP contribution in [-0.2, 0) is 4.74 Å². The van der Waals surface area contributed by atoms with E-state index in [1.165, 1.54) is 6.20 Å². The topological polar surface area (TPSA) is 70.2 Å². The number of carbonyl (C=O) groups excluding carboxylic acids is 1. The summed E-state index contributed by atoms with van der Waals surface area (Å²) in [5.41, 5.74) is 2.66. The SMILES string of the molecule is O=C1NCC(CCN2CCOCC2)c2[nH]c(-c3ccncc3F)c(I)c21. The van der Waals surface area contributed by atoms with Crippen molar-refractivity contribution in [1.82, 2.24) is 20.2 Å². The van der Waals surface area contributed by atoms with Crippen molar-refractivity contribution >= 4 is 28.5 Å². The van der Waals surface area contributed by atoms with Crippen LogP contribution in [0.4, 0.5) is 4.39 Å². The number of aromatic nitrogens is 2. The molecule has 1 unspecified atom stereocenters. The summed E-state index contributed by atoms with van der Waals surface area (Å²) in [6.07, 6.45) is 3.69. The molecule has 0 aliphatic carbocycles. The highest BCUT2D eigenvalue weighted by atomic mass is 127. The van der Waals surface area contributed by atoms with Crippen molar-refractivity contribution in [2.75, 3.05) is 39.4 Å². The van der Waals surface area contributed by atoms with Gasteiger partial charge < -0.3 is 15.0 Å². The lowest BCUT2D eigenvalue weighted by Crippen LogP contribution is -2.40. The number of hydrogen-bond acceptors (Lipinski definition) is 4. The zero-order valence-electron chi connectivity index (χ0n) is 14.2. The number of nitrogens with one attached hydrogen (secondary N) is 2. The van der Waals surface area contributed by atoms with Crippen LogP contribution in [-0.4, -0.2) is 60.2 Å². The summed E-state index contributed by atoms with van der Waals surface area (Å²) in [4.78, 5) is 22.0. The number of carbonyl (C=O) groups is 1. The number of ether oxygens (including phenoxy) is 1. The number of fused-ring (bicyclic) bond motifs is 1. The number of pyridine rings is 1. The van der Waals surface area contributed by atoms with Gasteiger partial charge in [0.15, 0.2) is 5.82 Å². The number of amides is 1. The molecule has 1 fully saturated rings. The van der Waals surface area contributed by atoms with Gasteiger partial charge in [-0.1, -0.05) is 0 Å². The number of nitrogens with zero attached hydrogens (tertiary/aromatic N) is 2. The van der Waals surface area contributed by atoms with Gasteiger partial charge in [0.2, 0.25) is 0 Å². The molecule has 1 amide bonds. The van der Waals surface area contributed by atoms with Crippen molar-refractivity contribution in [3.8, 4) is 11.3 Å². The number of rotatable bonds is 4. The van der Waals surface area contributed by atoms with Crippen LogP contribution in [0.1, 0.15) is 28.4 Å². The lowest BCUT2D eigenvalue weighted by molar-refractivity contribution is 0.0364. The molecule has 1 saturated heterocycles. The third-order valence-electron chi connectivity index (χ3n) is 5.05. The van der Waals surface area contributed by atoms with Crippen molar-refractivity contribution in [3.63, 3.8) is 0 Å². The van der Waals surface area contributed by atoms with Crippen LogP contribution in [0.3, 0.4) is 0 Å². The average Bonchev–Trinajstić information content (AvgIpc) is 3.01. The summed E-state index contributed by atoms with van der Waals surface area (Å²) in [5, 5.41) is 2.98. The van der Waals surface area contributed by atoms with Gasteiger partial charge >= 0.3 is 0 Å². The zero-order chi connectivity index (χ0) is 18.1. The Labute approximate surface area is 164 Å². The monoisotopic (exact) mass is 470 g/mol. The maximum Gasteiger partial charge on any atom is 0.254 e. The first-order valence-electron chi connectivity index (χ1n) is 8.74. The number of H-pyrrole nitrogens is 1. The first kappa shape index (κ1) is 17.9. The second kappa shape index (κ2) is 7.61. The molecule has 138 valence electrons. The largest absolute Gasteiger partial charge is 0.379 e. The van der Waals surface area contributed by atoms with E-state index in [9.17, 15) is 9.18 Å². The van der Waals surface area contributed by atoms with Crippen LogP contribution in [0.5, 0.6) is 0 Å². The van der Waals surface area contributed by atoms with Crippen molar-refractivity contribution in [1.29, 1.82) is 0 Å². The summed E-state index contributed by atoms with van der Waals surface area (Å²) < 4.78 is 20.4. The van der Waals surface area contributed by atoms with E-state index in [4.69, 9.17) is 4.74 Å². The summed E-state index contributed by atoms with van der Waals surface area (Å²) in [6, 6.07) is 1.63. The Hall–Kier alpha value is -1.52. The number of morpholine rings is 1. The second-order valence-electron chi connectivity index (χ2n) is 6.61. The molecule has 2 aromatic heterocycles. The highest BCUT2D eigenvalue weighted by molar-refractivity contribution is 14.1. The minimum Gasteiger partial charge on any atom is -0.379 e. The maximum absolute atomic E-state index is 14.2. The second-order valence-corrected chi connectivity index (χ2v) is 7.69. The highest BCUT2D eigenvalue weighted by Gasteiger charge is 2.32. The van der Waals surface area contributed by atoms with Gasteiger partial charge in [0, 0.05) is 43.0 Å². The average molecular weight is 470 g/mol. The molecule has 1 atom stereocenters. The molecule has 2 aromatic rings. The maximum atomic E-state index is 14.2. The van der Waals surface area contributed by atoms with Gasteiger partial charge in [0.05, 0.1) is 34.2 Å². The van der Waals surface area contributed by atoms with Gasteiger partial charge in [-0.3, -0.25) is 14.7 Å². The molecule has 4 rings (SSSR count). The minimum absolute atomic E-state index is 0.0935. The van der Waals surface area contributed by atoms with Crippen LogP contribution < -0.4 is 5.32 Å². The summed E-state index contributed by atoms with van der Waals surface area (Å²) >= 11 is 2.13. The smallest absolute Gasteiger partial charge is 0.254 e. The van der Waals surface area contributed by atoms with Gasteiger partial charge in [-0.15, -0.1) is 0 Å². The molecule has 2 aliphatic heterocycles. The molecule has 0 bridgehead atoms. The number of halogens is 2. The van der Waals surface area contributed by atoms with Crippen LogP contribution in [0.15, 0.2) is 18.5 Å². The van der Waals surface area contributed by atoms with Gasteiger partial charge in [0.1, 0.15) is 0 Å². The van der Waals surface area contributed by atoms with E-state index in [1.54, 1.807) is 12.3 Å². The fourth-order valence-electron chi connectivity index (χ4n) is 3.60. The van der Waals surface area contributed by atoms with Crippen molar-refractivity contribution in [2.24, 2.45) is 0 Å². The standard InChI is InChI=1S/C18H20FIN4O2/c19-13-10-21-3-1-12(13)17-15(20)14-16(23-17)11(9-22-18(14)25)2-4-24-5-7-26-8-6-24/h1,3,10-11,23H,2,4-9H2,(H,22,25).